The molecular weight excluding hydrogens is 280 g/mol. The minimum Gasteiger partial charge on any atom is -0.294 e. The van der Waals surface area contributed by atoms with Gasteiger partial charge in [0, 0.05) is 27.1 Å². The molecule has 1 aromatic rings. The average molecular weight is 302 g/mol. The molecule has 2 saturated carbocycles. The normalized spacial score (nSPS) is 32.5. The molecule has 0 aromatic heterocycles. The maximum atomic E-state index is 12.7. The second kappa shape index (κ2) is 4.96. The Kier molecular flexibility index (Phi) is 3.90. The molecule has 0 saturated heterocycles. The van der Waals surface area contributed by atoms with E-state index in [2.05, 4.69) is 58.0 Å². The van der Waals surface area contributed by atoms with Crippen LogP contribution >= 0.6 is 0 Å². The number of rotatable bonds is 1. The summed E-state index contributed by atoms with van der Waals surface area (Å²) >= 11 is 0. The van der Waals surface area contributed by atoms with E-state index >= 15 is 0 Å². The van der Waals surface area contributed by atoms with E-state index in [-0.39, 0.29) is 32.5 Å². The van der Waals surface area contributed by atoms with Crippen LogP contribution in [0.4, 0.5) is 0 Å². The van der Waals surface area contributed by atoms with Crippen LogP contribution in [0.15, 0.2) is 29.8 Å². The van der Waals surface area contributed by atoms with Gasteiger partial charge in [-0.15, -0.1) is 0 Å². The number of benzene rings is 1. The zero-order valence-corrected chi connectivity index (χ0v) is 14.3. The average Bonchev–Trinajstić information content (AvgIpc) is 2.66. The summed E-state index contributed by atoms with van der Waals surface area (Å²) < 4.78 is 0. The van der Waals surface area contributed by atoms with E-state index in [1.807, 2.05) is 0 Å². The van der Waals surface area contributed by atoms with Gasteiger partial charge < -0.3 is 0 Å². The first-order chi connectivity index (χ1) is 8.86. The summed E-state index contributed by atoms with van der Waals surface area (Å²) in [5.41, 5.74) is 3.44. The van der Waals surface area contributed by atoms with Gasteiger partial charge >= 0.3 is 0 Å². The van der Waals surface area contributed by atoms with Crippen LogP contribution in [-0.2, 0) is 26.5 Å². The van der Waals surface area contributed by atoms with Gasteiger partial charge in [-0.05, 0) is 48.3 Å². The number of hydrogen-bond donors (Lipinski definition) is 0. The van der Waals surface area contributed by atoms with Crippen molar-refractivity contribution in [3.63, 3.8) is 0 Å². The Morgan fingerprint density at radius 2 is 1.75 bits per heavy atom. The molecule has 1 aromatic carbocycles. The summed E-state index contributed by atoms with van der Waals surface area (Å²) in [6, 6.07) is 8.43. The fraction of sp³-hybridized carbons (Fsp3) is 0.500. The summed E-state index contributed by atoms with van der Waals surface area (Å²) in [7, 11) is 0. The van der Waals surface area contributed by atoms with Gasteiger partial charge in [-0.25, -0.2) is 0 Å². The molecular formula is C18H22OTi. The Balaban J connectivity index is 0.00000147. The topological polar surface area (TPSA) is 17.1 Å². The van der Waals surface area contributed by atoms with Crippen molar-refractivity contribution < 1.29 is 26.5 Å². The number of Topliss-reactive ketones (excluding diaryl/α,β-unsaturated/α-hetero) is 1. The van der Waals surface area contributed by atoms with Crippen molar-refractivity contribution in [2.75, 3.05) is 0 Å². The molecule has 0 aliphatic heterocycles. The van der Waals surface area contributed by atoms with Crippen LogP contribution in [0, 0.1) is 23.7 Å². The van der Waals surface area contributed by atoms with Crippen LogP contribution in [0.25, 0.3) is 6.08 Å². The van der Waals surface area contributed by atoms with E-state index in [0.29, 0.717) is 11.7 Å². The number of fused-ring (bicyclic) bond motifs is 2. The molecule has 104 valence electrons. The fourth-order valence-corrected chi connectivity index (χ4v) is 3.94. The summed E-state index contributed by atoms with van der Waals surface area (Å²) in [6.07, 6.45) is 4.33. The molecule has 0 heterocycles. The van der Waals surface area contributed by atoms with Crippen molar-refractivity contribution in [3.05, 3.63) is 41.0 Å². The van der Waals surface area contributed by atoms with Gasteiger partial charge in [0.15, 0.2) is 5.78 Å². The molecule has 2 atom stereocenters. The Morgan fingerprint density at radius 3 is 2.25 bits per heavy atom. The second-order valence-electron chi connectivity index (χ2n) is 6.98. The standard InChI is InChI=1S/C18H22O.Ti/c1-12-5-7-13(8-6-12)11-14-15-9-10-18(4,16(14)19)17(15,2)3;/h5-8,11,15H,9-10H2,1-4H3;. The van der Waals surface area contributed by atoms with Crippen LogP contribution in [0.3, 0.4) is 0 Å². The van der Waals surface area contributed by atoms with Crippen LogP contribution in [0.5, 0.6) is 0 Å². The summed E-state index contributed by atoms with van der Waals surface area (Å²) in [6.45, 7) is 8.77. The van der Waals surface area contributed by atoms with E-state index in [0.717, 1.165) is 24.0 Å². The Labute approximate surface area is 136 Å². The fourth-order valence-electron chi connectivity index (χ4n) is 3.94. The van der Waals surface area contributed by atoms with Gasteiger partial charge in [0.25, 0.3) is 0 Å². The molecule has 3 rings (SSSR count). The van der Waals surface area contributed by atoms with Gasteiger partial charge in [0.2, 0.25) is 0 Å². The molecule has 2 fully saturated rings. The molecule has 2 unspecified atom stereocenters. The molecule has 2 aliphatic carbocycles. The zero-order chi connectivity index (χ0) is 13.8. The number of carbonyl (C=O) groups is 1. The first-order valence-corrected chi connectivity index (χ1v) is 7.19. The number of allylic oxidation sites excluding steroid dienone is 1. The molecule has 0 spiro atoms. The van der Waals surface area contributed by atoms with E-state index in [1.165, 1.54) is 5.56 Å². The predicted octanol–water partition coefficient (Wildman–Crippen LogP) is 4.40. The van der Waals surface area contributed by atoms with Gasteiger partial charge in [-0.1, -0.05) is 50.6 Å². The van der Waals surface area contributed by atoms with Gasteiger partial charge in [0.05, 0.1) is 0 Å². The molecule has 2 aliphatic rings. The number of hydrogen-bond acceptors (Lipinski definition) is 1. The summed E-state index contributed by atoms with van der Waals surface area (Å²) in [4.78, 5) is 12.7. The Morgan fingerprint density at radius 1 is 1.15 bits per heavy atom. The van der Waals surface area contributed by atoms with Crippen LogP contribution in [0.2, 0.25) is 0 Å². The number of carbonyl (C=O) groups excluding carboxylic acids is 1. The van der Waals surface area contributed by atoms with E-state index in [9.17, 15) is 4.79 Å². The maximum absolute atomic E-state index is 12.7. The molecule has 0 amide bonds. The first-order valence-electron chi connectivity index (χ1n) is 7.19. The third-order valence-corrected chi connectivity index (χ3v) is 5.76. The van der Waals surface area contributed by atoms with Crippen molar-refractivity contribution >= 4 is 11.9 Å². The molecule has 20 heavy (non-hydrogen) atoms. The van der Waals surface area contributed by atoms with E-state index < -0.39 is 0 Å². The van der Waals surface area contributed by atoms with Crippen molar-refractivity contribution in [1.82, 2.24) is 0 Å². The maximum Gasteiger partial charge on any atom is 0.165 e. The van der Waals surface area contributed by atoms with Crippen molar-refractivity contribution in [2.24, 2.45) is 16.7 Å². The molecule has 1 nitrogen and oxygen atoms in total. The van der Waals surface area contributed by atoms with Gasteiger partial charge in [-0.2, -0.15) is 0 Å². The van der Waals surface area contributed by atoms with Crippen molar-refractivity contribution in [1.29, 1.82) is 0 Å². The Hall–Kier alpha value is -0.656. The van der Waals surface area contributed by atoms with Crippen LogP contribution in [0.1, 0.15) is 44.7 Å². The minimum absolute atomic E-state index is 0. The zero-order valence-electron chi connectivity index (χ0n) is 12.8. The molecule has 0 radical (unpaired) electrons. The smallest absolute Gasteiger partial charge is 0.165 e. The third-order valence-electron chi connectivity index (χ3n) is 5.76. The van der Waals surface area contributed by atoms with Crippen molar-refractivity contribution in [2.45, 2.75) is 40.5 Å². The summed E-state index contributed by atoms with van der Waals surface area (Å²) in [5, 5.41) is 0. The minimum atomic E-state index is -0.145. The molecule has 2 bridgehead atoms. The van der Waals surface area contributed by atoms with Crippen LogP contribution < -0.4 is 0 Å². The number of aryl methyl sites for hydroxylation is 1. The van der Waals surface area contributed by atoms with E-state index in [4.69, 9.17) is 0 Å². The van der Waals surface area contributed by atoms with Crippen LogP contribution in [-0.4, -0.2) is 5.78 Å². The molecule has 0 N–H and O–H groups in total. The van der Waals surface area contributed by atoms with E-state index in [1.54, 1.807) is 0 Å². The largest absolute Gasteiger partial charge is 0.294 e. The predicted molar refractivity (Wildman–Crippen MR) is 78.8 cm³/mol. The third kappa shape index (κ3) is 1.98. The second-order valence-corrected chi connectivity index (χ2v) is 6.98. The first kappa shape index (κ1) is 15.7. The summed E-state index contributed by atoms with van der Waals surface area (Å²) in [5.74, 6) is 0.820. The SMILES string of the molecule is Cc1ccc(C=C2C(=O)C3(C)CCC2C3(C)C)cc1.[Ti]. The monoisotopic (exact) mass is 302 g/mol. The quantitative estimate of drug-likeness (QED) is 0.555. The van der Waals surface area contributed by atoms with Crippen molar-refractivity contribution in [3.8, 4) is 0 Å². The Bertz CT molecular complexity index is 568. The van der Waals surface area contributed by atoms with Gasteiger partial charge in [0.1, 0.15) is 0 Å². The van der Waals surface area contributed by atoms with Gasteiger partial charge in [-0.3, -0.25) is 4.79 Å². The number of ketones is 1. The molecule has 2 heteroatoms.